The van der Waals surface area contributed by atoms with E-state index >= 15 is 0 Å². The van der Waals surface area contributed by atoms with E-state index < -0.39 is 0 Å². The fourth-order valence-electron chi connectivity index (χ4n) is 2.88. The standard InChI is InChI=1S/C15H26N4O2S/c1-11-13(22-15(16)17-11)14(20)19(7-4-10-21-3)12-5-8-18(2)9-6-12/h12H,4-10H2,1-3H3,(H2,16,17). The number of ether oxygens (including phenoxy) is 1. The molecule has 2 rings (SSSR count). The molecule has 1 aromatic heterocycles. The van der Waals surface area contributed by atoms with E-state index in [1.807, 2.05) is 11.8 Å². The molecule has 1 amide bonds. The first kappa shape index (κ1) is 17.2. The summed E-state index contributed by atoms with van der Waals surface area (Å²) in [6, 6.07) is 0.295. The number of methoxy groups -OCH3 is 1. The van der Waals surface area contributed by atoms with Crippen molar-refractivity contribution in [2.24, 2.45) is 0 Å². The van der Waals surface area contributed by atoms with Crippen LogP contribution in [0.1, 0.15) is 34.6 Å². The number of nitrogen functional groups attached to an aromatic ring is 1. The molecule has 1 aliphatic heterocycles. The molecule has 22 heavy (non-hydrogen) atoms. The number of aryl methyl sites for hydroxylation is 1. The molecule has 6 nitrogen and oxygen atoms in total. The summed E-state index contributed by atoms with van der Waals surface area (Å²) >= 11 is 1.29. The fourth-order valence-corrected chi connectivity index (χ4v) is 3.67. The van der Waals surface area contributed by atoms with Crippen molar-refractivity contribution in [1.29, 1.82) is 0 Å². The lowest BCUT2D eigenvalue weighted by Gasteiger charge is -2.37. The van der Waals surface area contributed by atoms with E-state index in [4.69, 9.17) is 10.5 Å². The van der Waals surface area contributed by atoms with Crippen molar-refractivity contribution >= 4 is 22.4 Å². The van der Waals surface area contributed by atoms with Crippen LogP contribution >= 0.6 is 11.3 Å². The van der Waals surface area contributed by atoms with E-state index in [-0.39, 0.29) is 5.91 Å². The maximum Gasteiger partial charge on any atom is 0.266 e. The van der Waals surface area contributed by atoms with Gasteiger partial charge in [-0.15, -0.1) is 0 Å². The number of aromatic nitrogens is 1. The molecule has 1 aromatic rings. The Hall–Kier alpha value is -1.18. The summed E-state index contributed by atoms with van der Waals surface area (Å²) < 4.78 is 5.13. The zero-order valence-electron chi connectivity index (χ0n) is 13.7. The number of carbonyl (C=O) groups excluding carboxylic acids is 1. The zero-order valence-corrected chi connectivity index (χ0v) is 14.5. The molecular formula is C15H26N4O2S. The Bertz CT molecular complexity index is 498. The number of nitrogens with two attached hydrogens (primary N) is 1. The average molecular weight is 326 g/mol. The van der Waals surface area contributed by atoms with Crippen LogP contribution in [0.25, 0.3) is 0 Å². The Labute approximate surface area is 136 Å². The molecule has 1 saturated heterocycles. The summed E-state index contributed by atoms with van der Waals surface area (Å²) in [4.78, 5) is 22.1. The van der Waals surface area contributed by atoms with Gasteiger partial charge in [0.05, 0.1) is 5.69 Å². The van der Waals surface area contributed by atoms with Crippen LogP contribution in [0.2, 0.25) is 0 Å². The smallest absolute Gasteiger partial charge is 0.266 e. The van der Waals surface area contributed by atoms with Crippen LogP contribution in [0.15, 0.2) is 0 Å². The number of rotatable bonds is 6. The number of piperidine rings is 1. The number of likely N-dealkylation sites (tertiary alicyclic amines) is 1. The van der Waals surface area contributed by atoms with Gasteiger partial charge in [0.15, 0.2) is 5.13 Å². The monoisotopic (exact) mass is 326 g/mol. The van der Waals surface area contributed by atoms with E-state index in [0.29, 0.717) is 22.7 Å². The van der Waals surface area contributed by atoms with Gasteiger partial charge >= 0.3 is 0 Å². The minimum atomic E-state index is 0.0670. The molecule has 0 radical (unpaired) electrons. The van der Waals surface area contributed by atoms with Crippen molar-refractivity contribution in [3.05, 3.63) is 10.6 Å². The molecular weight excluding hydrogens is 300 g/mol. The predicted molar refractivity (Wildman–Crippen MR) is 89.3 cm³/mol. The first-order valence-corrected chi connectivity index (χ1v) is 8.56. The van der Waals surface area contributed by atoms with Gasteiger partial charge in [0, 0.05) is 26.3 Å². The molecule has 2 N–H and O–H groups in total. The number of nitrogens with zero attached hydrogens (tertiary/aromatic N) is 3. The van der Waals surface area contributed by atoms with Crippen LogP contribution in [0.3, 0.4) is 0 Å². The van der Waals surface area contributed by atoms with E-state index in [9.17, 15) is 4.79 Å². The molecule has 7 heteroatoms. The summed E-state index contributed by atoms with van der Waals surface area (Å²) in [7, 11) is 3.82. The molecule has 0 bridgehead atoms. The normalized spacial score (nSPS) is 16.9. The highest BCUT2D eigenvalue weighted by Gasteiger charge is 2.29. The molecule has 124 valence electrons. The Morgan fingerprint density at radius 3 is 2.73 bits per heavy atom. The minimum absolute atomic E-state index is 0.0670. The largest absolute Gasteiger partial charge is 0.385 e. The number of hydrogen-bond acceptors (Lipinski definition) is 6. The highest BCUT2D eigenvalue weighted by Crippen LogP contribution is 2.25. The van der Waals surface area contributed by atoms with Crippen LogP contribution in [0.4, 0.5) is 5.13 Å². The van der Waals surface area contributed by atoms with Crippen LogP contribution in [0.5, 0.6) is 0 Å². The zero-order chi connectivity index (χ0) is 16.1. The molecule has 0 unspecified atom stereocenters. The second-order valence-electron chi connectivity index (χ2n) is 5.85. The summed E-state index contributed by atoms with van der Waals surface area (Å²) in [6.07, 6.45) is 2.88. The SMILES string of the molecule is COCCCN(C(=O)c1sc(N)nc1C)C1CCN(C)CC1. The third kappa shape index (κ3) is 4.18. The van der Waals surface area contributed by atoms with Crippen LogP contribution < -0.4 is 5.73 Å². The molecule has 1 aliphatic rings. The Morgan fingerprint density at radius 1 is 1.50 bits per heavy atom. The Balaban J connectivity index is 2.12. The topological polar surface area (TPSA) is 71.7 Å². The quantitative estimate of drug-likeness (QED) is 0.804. The number of carbonyl (C=O) groups is 1. The maximum atomic E-state index is 12.9. The Kier molecular flexibility index (Phi) is 6.16. The number of hydrogen-bond donors (Lipinski definition) is 1. The third-order valence-electron chi connectivity index (χ3n) is 4.14. The minimum Gasteiger partial charge on any atom is -0.385 e. The van der Waals surface area contributed by atoms with Gasteiger partial charge in [-0.1, -0.05) is 11.3 Å². The molecule has 0 saturated carbocycles. The lowest BCUT2D eigenvalue weighted by atomic mass is 10.0. The van der Waals surface area contributed by atoms with Crippen molar-refractivity contribution in [3.8, 4) is 0 Å². The van der Waals surface area contributed by atoms with Crippen molar-refractivity contribution < 1.29 is 9.53 Å². The van der Waals surface area contributed by atoms with Crippen LogP contribution in [-0.2, 0) is 4.74 Å². The second kappa shape index (κ2) is 7.89. The molecule has 0 spiro atoms. The van der Waals surface area contributed by atoms with Gasteiger partial charge in [0.25, 0.3) is 5.91 Å². The second-order valence-corrected chi connectivity index (χ2v) is 6.88. The molecule has 2 heterocycles. The molecule has 0 atom stereocenters. The van der Waals surface area contributed by atoms with Gasteiger partial charge in [0.2, 0.25) is 0 Å². The molecule has 1 fully saturated rings. The van der Waals surface area contributed by atoms with Gasteiger partial charge in [-0.25, -0.2) is 4.98 Å². The van der Waals surface area contributed by atoms with Gasteiger partial charge in [-0.05, 0) is 46.3 Å². The number of thiazole rings is 1. The highest BCUT2D eigenvalue weighted by atomic mass is 32.1. The maximum absolute atomic E-state index is 12.9. The Morgan fingerprint density at radius 2 is 2.18 bits per heavy atom. The lowest BCUT2D eigenvalue weighted by Crippen LogP contribution is -2.47. The third-order valence-corrected chi connectivity index (χ3v) is 5.12. The summed E-state index contributed by atoms with van der Waals surface area (Å²) in [5, 5.41) is 0.459. The van der Waals surface area contributed by atoms with E-state index in [0.717, 1.165) is 44.6 Å². The van der Waals surface area contributed by atoms with Gasteiger partial charge in [-0.3, -0.25) is 4.79 Å². The van der Waals surface area contributed by atoms with Crippen molar-refractivity contribution in [2.45, 2.75) is 32.2 Å². The van der Waals surface area contributed by atoms with Gasteiger partial charge < -0.3 is 20.3 Å². The highest BCUT2D eigenvalue weighted by molar-refractivity contribution is 7.17. The first-order valence-electron chi connectivity index (χ1n) is 7.74. The average Bonchev–Trinajstić information content (AvgIpc) is 2.83. The first-order chi connectivity index (χ1) is 10.5. The van der Waals surface area contributed by atoms with Crippen LogP contribution in [-0.4, -0.2) is 67.1 Å². The predicted octanol–water partition coefficient (Wildman–Crippen LogP) is 1.61. The summed E-state index contributed by atoms with van der Waals surface area (Å²) in [6.45, 7) is 5.30. The van der Waals surface area contributed by atoms with E-state index in [1.165, 1.54) is 11.3 Å². The van der Waals surface area contributed by atoms with Gasteiger partial charge in [-0.2, -0.15) is 0 Å². The van der Waals surface area contributed by atoms with E-state index in [2.05, 4.69) is 16.9 Å². The molecule has 0 aliphatic carbocycles. The lowest BCUT2D eigenvalue weighted by molar-refractivity contribution is 0.0568. The number of anilines is 1. The van der Waals surface area contributed by atoms with Crippen LogP contribution in [0, 0.1) is 6.92 Å². The summed E-state index contributed by atoms with van der Waals surface area (Å²) in [5.74, 6) is 0.0670. The van der Waals surface area contributed by atoms with Crippen molar-refractivity contribution in [2.75, 3.05) is 46.1 Å². The fraction of sp³-hybridized carbons (Fsp3) is 0.733. The summed E-state index contributed by atoms with van der Waals surface area (Å²) in [5.41, 5.74) is 6.48. The van der Waals surface area contributed by atoms with E-state index in [1.54, 1.807) is 7.11 Å². The van der Waals surface area contributed by atoms with Crippen molar-refractivity contribution in [3.63, 3.8) is 0 Å². The van der Waals surface area contributed by atoms with Gasteiger partial charge in [0.1, 0.15) is 4.88 Å². The van der Waals surface area contributed by atoms with Crippen molar-refractivity contribution in [1.82, 2.24) is 14.8 Å². The number of amides is 1. The molecule has 0 aromatic carbocycles.